The Hall–Kier alpha value is -2.21. The van der Waals surface area contributed by atoms with Crippen molar-refractivity contribution in [1.29, 1.82) is 0 Å². The number of nitrogens with one attached hydrogen (secondary N) is 1. The molecule has 2 aromatic rings. The van der Waals surface area contributed by atoms with Gasteiger partial charge in [-0.25, -0.2) is 4.39 Å². The summed E-state index contributed by atoms with van der Waals surface area (Å²) in [4.78, 5) is 14.1. The van der Waals surface area contributed by atoms with Gasteiger partial charge in [0.1, 0.15) is 11.6 Å². The van der Waals surface area contributed by atoms with Crippen molar-refractivity contribution in [3.05, 3.63) is 52.9 Å². The van der Waals surface area contributed by atoms with E-state index < -0.39 is 5.82 Å². The number of rotatable bonds is 3. The van der Waals surface area contributed by atoms with Gasteiger partial charge in [0.15, 0.2) is 0 Å². The van der Waals surface area contributed by atoms with Gasteiger partial charge in [-0.05, 0) is 43.2 Å². The molecule has 3 rings (SSSR count). The van der Waals surface area contributed by atoms with Crippen molar-refractivity contribution in [3.63, 3.8) is 0 Å². The first-order chi connectivity index (χ1) is 11.1. The molecule has 0 spiro atoms. The molecule has 23 heavy (non-hydrogen) atoms. The molecule has 0 unspecified atom stereocenters. The Labute approximate surface area is 138 Å². The predicted octanol–water partition coefficient (Wildman–Crippen LogP) is 2.99. The minimum atomic E-state index is -0.581. The summed E-state index contributed by atoms with van der Waals surface area (Å²) in [6, 6.07) is 8.03. The van der Waals surface area contributed by atoms with Crippen LogP contribution in [-0.4, -0.2) is 40.1 Å². The third-order valence-corrected chi connectivity index (χ3v) is 4.10. The van der Waals surface area contributed by atoms with Crippen LogP contribution in [0, 0.1) is 5.82 Å². The second-order valence-corrected chi connectivity index (χ2v) is 5.88. The fourth-order valence-corrected chi connectivity index (χ4v) is 2.81. The zero-order valence-electron chi connectivity index (χ0n) is 12.4. The number of likely N-dealkylation sites (tertiary alicyclic amines) is 1. The number of aromatic nitrogens is 2. The van der Waals surface area contributed by atoms with Crippen molar-refractivity contribution >= 4 is 23.3 Å². The smallest absolute Gasteiger partial charge is 0.256 e. The van der Waals surface area contributed by atoms with E-state index in [1.54, 1.807) is 11.1 Å². The zero-order chi connectivity index (χ0) is 16.2. The summed E-state index contributed by atoms with van der Waals surface area (Å²) in [6.45, 7) is 1.14. The quantitative estimate of drug-likeness (QED) is 0.937. The SMILES string of the molecule is O=C(c1ccc(Cl)cc1F)N1CCC(Nc2cccnn2)CC1. The van der Waals surface area contributed by atoms with Gasteiger partial charge in [-0.2, -0.15) is 5.10 Å². The lowest BCUT2D eigenvalue weighted by Gasteiger charge is -2.32. The maximum atomic E-state index is 13.9. The molecule has 0 radical (unpaired) electrons. The Morgan fingerprint density at radius 1 is 1.30 bits per heavy atom. The molecule has 0 aliphatic carbocycles. The van der Waals surface area contributed by atoms with Crippen LogP contribution in [0.2, 0.25) is 5.02 Å². The van der Waals surface area contributed by atoms with Gasteiger partial charge in [0, 0.05) is 30.4 Å². The molecule has 7 heteroatoms. The molecule has 0 atom stereocenters. The molecular formula is C16H16ClFN4O. The maximum Gasteiger partial charge on any atom is 0.256 e. The lowest BCUT2D eigenvalue weighted by atomic mass is 10.0. The van der Waals surface area contributed by atoms with Gasteiger partial charge >= 0.3 is 0 Å². The zero-order valence-corrected chi connectivity index (χ0v) is 13.1. The molecule has 1 amide bonds. The minimum Gasteiger partial charge on any atom is -0.366 e. The molecule has 1 aromatic carbocycles. The summed E-state index contributed by atoms with van der Waals surface area (Å²) < 4.78 is 13.9. The van der Waals surface area contributed by atoms with E-state index in [2.05, 4.69) is 15.5 Å². The van der Waals surface area contributed by atoms with Crippen LogP contribution in [0.5, 0.6) is 0 Å². The Bertz CT molecular complexity index is 690. The largest absolute Gasteiger partial charge is 0.366 e. The van der Waals surface area contributed by atoms with Crippen LogP contribution >= 0.6 is 11.6 Å². The second kappa shape index (κ2) is 6.91. The molecule has 5 nitrogen and oxygen atoms in total. The van der Waals surface area contributed by atoms with E-state index in [9.17, 15) is 9.18 Å². The Morgan fingerprint density at radius 2 is 2.09 bits per heavy atom. The Morgan fingerprint density at radius 3 is 2.74 bits per heavy atom. The van der Waals surface area contributed by atoms with E-state index >= 15 is 0 Å². The van der Waals surface area contributed by atoms with Crippen molar-refractivity contribution in [2.75, 3.05) is 18.4 Å². The van der Waals surface area contributed by atoms with Crippen molar-refractivity contribution in [3.8, 4) is 0 Å². The van der Waals surface area contributed by atoms with Gasteiger partial charge in [0.2, 0.25) is 0 Å². The highest BCUT2D eigenvalue weighted by atomic mass is 35.5. The molecular weight excluding hydrogens is 319 g/mol. The molecule has 2 heterocycles. The lowest BCUT2D eigenvalue weighted by Crippen LogP contribution is -2.42. The third-order valence-electron chi connectivity index (χ3n) is 3.87. The maximum absolute atomic E-state index is 13.9. The molecule has 1 N–H and O–H groups in total. The number of benzene rings is 1. The van der Waals surface area contributed by atoms with Gasteiger partial charge in [-0.1, -0.05) is 11.6 Å². The molecule has 0 bridgehead atoms. The molecule has 1 saturated heterocycles. The number of hydrogen-bond acceptors (Lipinski definition) is 4. The minimum absolute atomic E-state index is 0.0646. The fraction of sp³-hybridized carbons (Fsp3) is 0.312. The molecule has 0 saturated carbocycles. The topological polar surface area (TPSA) is 58.1 Å². The van der Waals surface area contributed by atoms with Crippen LogP contribution in [0.25, 0.3) is 0 Å². The van der Waals surface area contributed by atoms with Crippen molar-refractivity contribution in [1.82, 2.24) is 15.1 Å². The summed E-state index contributed by atoms with van der Waals surface area (Å²) in [5, 5.41) is 11.4. The van der Waals surface area contributed by atoms with Gasteiger partial charge < -0.3 is 10.2 Å². The van der Waals surface area contributed by atoms with Crippen molar-refractivity contribution in [2.45, 2.75) is 18.9 Å². The monoisotopic (exact) mass is 334 g/mol. The van der Waals surface area contributed by atoms with Crippen LogP contribution in [0.15, 0.2) is 36.5 Å². The summed E-state index contributed by atoms with van der Waals surface area (Å²) in [5.74, 6) is -0.152. The van der Waals surface area contributed by atoms with Gasteiger partial charge in [-0.15, -0.1) is 5.10 Å². The van der Waals surface area contributed by atoms with Crippen molar-refractivity contribution in [2.24, 2.45) is 0 Å². The number of piperidine rings is 1. The van der Waals surface area contributed by atoms with Crippen LogP contribution in [0.3, 0.4) is 0 Å². The van der Waals surface area contributed by atoms with Crippen molar-refractivity contribution < 1.29 is 9.18 Å². The van der Waals surface area contributed by atoms with Crippen LogP contribution in [-0.2, 0) is 0 Å². The van der Waals surface area contributed by atoms with Crippen LogP contribution in [0.1, 0.15) is 23.2 Å². The molecule has 1 aliphatic heterocycles. The molecule has 1 fully saturated rings. The summed E-state index contributed by atoms with van der Waals surface area (Å²) in [5.41, 5.74) is 0.0646. The molecule has 120 valence electrons. The highest BCUT2D eigenvalue weighted by Crippen LogP contribution is 2.20. The predicted molar refractivity (Wildman–Crippen MR) is 86.0 cm³/mol. The summed E-state index contributed by atoms with van der Waals surface area (Å²) >= 11 is 5.72. The van der Waals surface area contributed by atoms with Gasteiger partial charge in [0.25, 0.3) is 5.91 Å². The van der Waals surface area contributed by atoms with E-state index in [0.717, 1.165) is 24.7 Å². The van der Waals surface area contributed by atoms with E-state index in [1.807, 2.05) is 12.1 Å². The molecule has 1 aromatic heterocycles. The Kier molecular flexibility index (Phi) is 4.71. The summed E-state index contributed by atoms with van der Waals surface area (Å²) in [7, 11) is 0. The number of nitrogens with zero attached hydrogens (tertiary/aromatic N) is 3. The van der Waals surface area contributed by atoms with E-state index in [1.165, 1.54) is 12.1 Å². The highest BCUT2D eigenvalue weighted by molar-refractivity contribution is 6.30. The van der Waals surface area contributed by atoms with Gasteiger partial charge in [0.05, 0.1) is 5.56 Å². The van der Waals surface area contributed by atoms with E-state index in [0.29, 0.717) is 13.1 Å². The van der Waals surface area contributed by atoms with E-state index in [-0.39, 0.29) is 22.5 Å². The van der Waals surface area contributed by atoms with Crippen LogP contribution < -0.4 is 5.32 Å². The first-order valence-electron chi connectivity index (χ1n) is 7.42. The first kappa shape index (κ1) is 15.7. The number of halogens is 2. The standard InChI is InChI=1S/C16H16ClFN4O/c17-11-3-4-13(14(18)10-11)16(23)22-8-5-12(6-9-22)20-15-2-1-7-19-21-15/h1-4,7,10,12H,5-6,8-9H2,(H,20,21). The lowest BCUT2D eigenvalue weighted by molar-refractivity contribution is 0.0713. The third kappa shape index (κ3) is 3.76. The number of carbonyl (C=O) groups excluding carboxylic acids is 1. The first-order valence-corrected chi connectivity index (χ1v) is 7.80. The number of carbonyl (C=O) groups is 1. The number of amides is 1. The number of hydrogen-bond donors (Lipinski definition) is 1. The van der Waals surface area contributed by atoms with Gasteiger partial charge in [-0.3, -0.25) is 4.79 Å². The molecule has 1 aliphatic rings. The normalized spacial score (nSPS) is 15.5. The Balaban J connectivity index is 1.59. The average Bonchev–Trinajstić information content (AvgIpc) is 2.56. The van der Waals surface area contributed by atoms with E-state index in [4.69, 9.17) is 11.6 Å². The highest BCUT2D eigenvalue weighted by Gasteiger charge is 2.25. The summed E-state index contributed by atoms with van der Waals surface area (Å²) in [6.07, 6.45) is 3.17. The average molecular weight is 335 g/mol. The second-order valence-electron chi connectivity index (χ2n) is 5.44. The van der Waals surface area contributed by atoms with Crippen LogP contribution in [0.4, 0.5) is 10.2 Å². The fourth-order valence-electron chi connectivity index (χ4n) is 2.65. The number of anilines is 1.